The molecule has 6 heteroatoms. The molecule has 1 N–H and O–H groups in total. The number of nitrogens with one attached hydrogen (secondary N) is 1. The van der Waals surface area contributed by atoms with Gasteiger partial charge < -0.3 is 15.0 Å². The first-order valence-corrected chi connectivity index (χ1v) is 6.63. The summed E-state index contributed by atoms with van der Waals surface area (Å²) in [7, 11) is 2.05. The Bertz CT molecular complexity index is 428. The number of aromatic nitrogens is 1. The SMILES string of the molecule is CN1CCOC(CNC(=O)c2cncc(Br)c2)C1. The number of hydrogen-bond acceptors (Lipinski definition) is 4. The van der Waals surface area contributed by atoms with Gasteiger partial charge in [0.2, 0.25) is 0 Å². The van der Waals surface area contributed by atoms with E-state index in [-0.39, 0.29) is 12.0 Å². The monoisotopic (exact) mass is 313 g/mol. The highest BCUT2D eigenvalue weighted by Crippen LogP contribution is 2.09. The summed E-state index contributed by atoms with van der Waals surface area (Å²) in [4.78, 5) is 18.0. The van der Waals surface area contributed by atoms with Crippen LogP contribution in [0.4, 0.5) is 0 Å². The normalized spacial score (nSPS) is 20.7. The van der Waals surface area contributed by atoms with E-state index in [1.54, 1.807) is 18.5 Å². The lowest BCUT2D eigenvalue weighted by Gasteiger charge is -2.30. The summed E-state index contributed by atoms with van der Waals surface area (Å²) in [5.41, 5.74) is 0.550. The number of carbonyl (C=O) groups excluding carboxylic acids is 1. The molecule has 1 aliphatic rings. The van der Waals surface area contributed by atoms with E-state index in [2.05, 4.69) is 38.2 Å². The van der Waals surface area contributed by atoms with Crippen LogP contribution in [0.5, 0.6) is 0 Å². The molecule has 1 aliphatic heterocycles. The van der Waals surface area contributed by atoms with E-state index in [0.717, 1.165) is 24.2 Å². The van der Waals surface area contributed by atoms with Crippen molar-refractivity contribution in [1.82, 2.24) is 15.2 Å². The molecule has 1 atom stereocenters. The second-order valence-electron chi connectivity index (χ2n) is 4.36. The summed E-state index contributed by atoms with van der Waals surface area (Å²) in [6, 6.07) is 1.75. The third-order valence-corrected chi connectivity index (χ3v) is 3.23. The van der Waals surface area contributed by atoms with E-state index in [9.17, 15) is 4.79 Å². The lowest BCUT2D eigenvalue weighted by Crippen LogP contribution is -2.45. The van der Waals surface area contributed by atoms with Crippen LogP contribution in [-0.4, -0.2) is 55.2 Å². The number of carbonyl (C=O) groups is 1. The first-order chi connectivity index (χ1) is 8.65. The minimum Gasteiger partial charge on any atom is -0.374 e. The molecule has 5 nitrogen and oxygen atoms in total. The van der Waals surface area contributed by atoms with Crippen LogP contribution >= 0.6 is 15.9 Å². The maximum atomic E-state index is 11.9. The molecule has 0 spiro atoms. The van der Waals surface area contributed by atoms with Crippen LogP contribution in [0.3, 0.4) is 0 Å². The summed E-state index contributed by atoms with van der Waals surface area (Å²) in [6.07, 6.45) is 3.26. The van der Waals surface area contributed by atoms with Gasteiger partial charge in [0.1, 0.15) is 0 Å². The van der Waals surface area contributed by atoms with Gasteiger partial charge in [0.15, 0.2) is 0 Å². The van der Waals surface area contributed by atoms with Crippen LogP contribution in [0.25, 0.3) is 0 Å². The second-order valence-corrected chi connectivity index (χ2v) is 5.27. The van der Waals surface area contributed by atoms with E-state index < -0.39 is 0 Å². The van der Waals surface area contributed by atoms with Gasteiger partial charge in [0.05, 0.1) is 18.3 Å². The van der Waals surface area contributed by atoms with Crippen molar-refractivity contribution in [2.24, 2.45) is 0 Å². The van der Waals surface area contributed by atoms with Crippen LogP contribution in [0.15, 0.2) is 22.9 Å². The number of amides is 1. The third-order valence-electron chi connectivity index (χ3n) is 2.80. The first-order valence-electron chi connectivity index (χ1n) is 5.84. The molecule has 1 fully saturated rings. The van der Waals surface area contributed by atoms with E-state index in [0.29, 0.717) is 12.1 Å². The Balaban J connectivity index is 1.84. The van der Waals surface area contributed by atoms with Crippen molar-refractivity contribution < 1.29 is 9.53 Å². The standard InChI is InChI=1S/C12H16BrN3O2/c1-16-2-3-18-11(8-16)7-15-12(17)9-4-10(13)6-14-5-9/h4-6,11H,2-3,7-8H2,1H3,(H,15,17). The van der Waals surface area contributed by atoms with Crippen LogP contribution in [0.2, 0.25) is 0 Å². The van der Waals surface area contributed by atoms with Crippen LogP contribution in [0, 0.1) is 0 Å². The number of morpholine rings is 1. The van der Waals surface area contributed by atoms with E-state index in [4.69, 9.17) is 4.74 Å². The molecule has 0 aliphatic carbocycles. The second kappa shape index (κ2) is 6.26. The molecule has 18 heavy (non-hydrogen) atoms. The quantitative estimate of drug-likeness (QED) is 0.901. The van der Waals surface area contributed by atoms with Gasteiger partial charge in [-0.25, -0.2) is 0 Å². The van der Waals surface area contributed by atoms with Crippen molar-refractivity contribution in [2.45, 2.75) is 6.10 Å². The predicted octanol–water partition coefficient (Wildman–Crippen LogP) is 0.905. The lowest BCUT2D eigenvalue weighted by molar-refractivity contribution is -0.0175. The third kappa shape index (κ3) is 3.76. The first kappa shape index (κ1) is 13.5. The highest BCUT2D eigenvalue weighted by molar-refractivity contribution is 9.10. The molecule has 2 rings (SSSR count). The summed E-state index contributed by atoms with van der Waals surface area (Å²) < 4.78 is 6.37. The number of rotatable bonds is 3. The fourth-order valence-corrected chi connectivity index (χ4v) is 2.20. The number of nitrogens with zero attached hydrogens (tertiary/aromatic N) is 2. The predicted molar refractivity (Wildman–Crippen MR) is 71.5 cm³/mol. The van der Waals surface area contributed by atoms with Crippen molar-refractivity contribution in [3.05, 3.63) is 28.5 Å². The molecule has 0 bridgehead atoms. The van der Waals surface area contributed by atoms with Gasteiger partial charge in [-0.2, -0.15) is 0 Å². The number of pyridine rings is 1. The van der Waals surface area contributed by atoms with Crippen molar-refractivity contribution >= 4 is 21.8 Å². The molecule has 1 amide bonds. The number of hydrogen-bond donors (Lipinski definition) is 1. The zero-order valence-corrected chi connectivity index (χ0v) is 11.8. The Morgan fingerprint density at radius 3 is 3.22 bits per heavy atom. The number of likely N-dealkylation sites (N-methyl/N-ethyl adjacent to an activating group) is 1. The van der Waals surface area contributed by atoms with E-state index in [1.165, 1.54) is 0 Å². The zero-order valence-electron chi connectivity index (χ0n) is 10.2. The van der Waals surface area contributed by atoms with Gasteiger partial charge in [0, 0.05) is 36.5 Å². The Labute approximate surface area is 115 Å². The average Bonchev–Trinajstić information content (AvgIpc) is 2.36. The molecule has 0 radical (unpaired) electrons. The maximum Gasteiger partial charge on any atom is 0.252 e. The van der Waals surface area contributed by atoms with Crippen molar-refractivity contribution in [3.63, 3.8) is 0 Å². The minimum atomic E-state index is -0.124. The van der Waals surface area contributed by atoms with Gasteiger partial charge in [0.25, 0.3) is 5.91 Å². The van der Waals surface area contributed by atoms with Gasteiger partial charge in [-0.15, -0.1) is 0 Å². The largest absolute Gasteiger partial charge is 0.374 e. The Morgan fingerprint density at radius 2 is 2.50 bits per heavy atom. The molecule has 1 unspecified atom stereocenters. The van der Waals surface area contributed by atoms with Crippen LogP contribution in [0.1, 0.15) is 10.4 Å². The Morgan fingerprint density at radius 1 is 1.67 bits per heavy atom. The zero-order chi connectivity index (χ0) is 13.0. The topological polar surface area (TPSA) is 54.5 Å². The van der Waals surface area contributed by atoms with Gasteiger partial charge in [-0.3, -0.25) is 9.78 Å². The van der Waals surface area contributed by atoms with Crippen LogP contribution in [-0.2, 0) is 4.74 Å². The molecule has 1 aromatic heterocycles. The van der Waals surface area contributed by atoms with Gasteiger partial charge in [-0.05, 0) is 29.0 Å². The molecule has 1 aromatic rings. The number of ether oxygens (including phenoxy) is 1. The fourth-order valence-electron chi connectivity index (χ4n) is 1.83. The Kier molecular flexibility index (Phi) is 4.68. The summed E-state index contributed by atoms with van der Waals surface area (Å²) >= 11 is 3.29. The summed E-state index contributed by atoms with van der Waals surface area (Å²) in [6.45, 7) is 3.03. The summed E-state index contributed by atoms with van der Waals surface area (Å²) in [5.74, 6) is -0.124. The minimum absolute atomic E-state index is 0.0628. The van der Waals surface area contributed by atoms with Crippen molar-refractivity contribution in [2.75, 3.05) is 33.3 Å². The van der Waals surface area contributed by atoms with E-state index in [1.807, 2.05) is 0 Å². The lowest BCUT2D eigenvalue weighted by atomic mass is 10.2. The average molecular weight is 314 g/mol. The highest BCUT2D eigenvalue weighted by atomic mass is 79.9. The molecular weight excluding hydrogens is 298 g/mol. The van der Waals surface area contributed by atoms with Crippen molar-refractivity contribution in [3.8, 4) is 0 Å². The molecular formula is C12H16BrN3O2. The van der Waals surface area contributed by atoms with E-state index >= 15 is 0 Å². The number of halogens is 1. The molecule has 98 valence electrons. The van der Waals surface area contributed by atoms with Gasteiger partial charge in [-0.1, -0.05) is 0 Å². The fraction of sp³-hybridized carbons (Fsp3) is 0.500. The molecule has 0 saturated carbocycles. The molecule has 1 saturated heterocycles. The Hall–Kier alpha value is -0.980. The van der Waals surface area contributed by atoms with Crippen LogP contribution < -0.4 is 5.32 Å². The summed E-state index contributed by atoms with van der Waals surface area (Å²) in [5, 5.41) is 2.86. The van der Waals surface area contributed by atoms with Crippen molar-refractivity contribution in [1.29, 1.82) is 0 Å². The molecule has 2 heterocycles. The van der Waals surface area contributed by atoms with Gasteiger partial charge >= 0.3 is 0 Å². The molecule has 0 aromatic carbocycles. The smallest absolute Gasteiger partial charge is 0.252 e. The highest BCUT2D eigenvalue weighted by Gasteiger charge is 2.18. The maximum absolute atomic E-state index is 11.9.